The molecule has 0 aliphatic heterocycles. The molecule has 1 aliphatic rings. The zero-order valence-electron chi connectivity index (χ0n) is 15.2. The van der Waals surface area contributed by atoms with Gasteiger partial charge in [0.25, 0.3) is 5.56 Å². The van der Waals surface area contributed by atoms with E-state index >= 15 is 0 Å². The molecule has 0 saturated heterocycles. The monoisotopic (exact) mass is 421 g/mol. The highest BCUT2D eigenvalue weighted by molar-refractivity contribution is 7.47. The lowest BCUT2D eigenvalue weighted by atomic mass is 9.70. The van der Waals surface area contributed by atoms with Crippen LogP contribution >= 0.6 is 7.82 Å². The number of nitrogens with one attached hydrogen (secondary N) is 1. The molecule has 0 bridgehead atoms. The van der Waals surface area contributed by atoms with Crippen molar-refractivity contribution >= 4 is 24.9 Å². The van der Waals surface area contributed by atoms with E-state index in [-0.39, 0.29) is 48.3 Å². The van der Waals surface area contributed by atoms with Gasteiger partial charge in [0.2, 0.25) is 5.95 Å². The standard InChI is InChI=1S/C17H20N5O6P/c18-17-20-15-14(16(24)21-17)19-9-22(15)13-6-10(12(13)7-23)8-27-29(25,26)28-11-4-2-1-3-5-11/h1-5,9-10,12-13,23H,6-8H2,(H,25,26)(H3,18,20,21,24). The third kappa shape index (κ3) is 3.90. The number of rotatable bonds is 7. The highest BCUT2D eigenvalue weighted by Gasteiger charge is 2.44. The summed E-state index contributed by atoms with van der Waals surface area (Å²) in [7, 11) is -4.29. The van der Waals surface area contributed by atoms with Crippen LogP contribution in [-0.2, 0) is 9.09 Å². The number of H-pyrrole nitrogens is 1. The van der Waals surface area contributed by atoms with E-state index in [9.17, 15) is 19.4 Å². The average Bonchev–Trinajstić information content (AvgIpc) is 3.05. The van der Waals surface area contributed by atoms with Crippen LogP contribution in [0.25, 0.3) is 11.2 Å². The van der Waals surface area contributed by atoms with Crippen LogP contribution in [0.5, 0.6) is 5.75 Å². The van der Waals surface area contributed by atoms with Gasteiger partial charge in [-0.05, 0) is 24.5 Å². The van der Waals surface area contributed by atoms with E-state index in [0.717, 1.165) is 0 Å². The second kappa shape index (κ2) is 7.60. The summed E-state index contributed by atoms with van der Waals surface area (Å²) in [6.45, 7) is -0.239. The molecule has 11 nitrogen and oxygen atoms in total. The Kier molecular flexibility index (Phi) is 5.13. The number of benzene rings is 1. The summed E-state index contributed by atoms with van der Waals surface area (Å²) in [5, 5.41) is 9.81. The zero-order valence-corrected chi connectivity index (χ0v) is 16.1. The molecule has 29 heavy (non-hydrogen) atoms. The SMILES string of the molecule is Nc1nc2c(ncn2C2CC(COP(=O)(O)Oc3ccccc3)C2CO)c(=O)[nH]1. The normalized spacial score (nSPS) is 23.4. The minimum atomic E-state index is -4.29. The van der Waals surface area contributed by atoms with E-state index in [0.29, 0.717) is 12.1 Å². The Morgan fingerprint density at radius 1 is 1.34 bits per heavy atom. The molecule has 3 aromatic rings. The molecule has 1 aliphatic carbocycles. The van der Waals surface area contributed by atoms with Crippen molar-refractivity contribution in [2.24, 2.45) is 11.8 Å². The molecular weight excluding hydrogens is 401 g/mol. The van der Waals surface area contributed by atoms with Gasteiger partial charge in [0, 0.05) is 18.6 Å². The Morgan fingerprint density at radius 2 is 2.10 bits per heavy atom. The molecular formula is C17H20N5O6P. The van der Waals surface area contributed by atoms with Crippen LogP contribution in [0.15, 0.2) is 41.5 Å². The van der Waals surface area contributed by atoms with E-state index in [1.807, 2.05) is 0 Å². The van der Waals surface area contributed by atoms with E-state index in [1.165, 1.54) is 6.33 Å². The highest BCUT2D eigenvalue weighted by Crippen LogP contribution is 2.49. The van der Waals surface area contributed by atoms with Gasteiger partial charge in [-0.1, -0.05) is 18.2 Å². The molecule has 4 rings (SSSR count). The first-order chi connectivity index (χ1) is 13.9. The molecule has 0 radical (unpaired) electrons. The maximum absolute atomic E-state index is 12.2. The number of phosphoric ester groups is 1. The fourth-order valence-corrected chi connectivity index (χ4v) is 4.40. The number of fused-ring (bicyclic) bond motifs is 1. The fourth-order valence-electron chi connectivity index (χ4n) is 3.58. The van der Waals surface area contributed by atoms with Crippen molar-refractivity contribution < 1.29 is 23.6 Å². The first-order valence-electron chi connectivity index (χ1n) is 8.93. The second-order valence-electron chi connectivity index (χ2n) is 6.85. The molecule has 0 spiro atoms. The summed E-state index contributed by atoms with van der Waals surface area (Å²) in [6, 6.07) is 8.01. The molecule has 1 fully saturated rings. The predicted molar refractivity (Wildman–Crippen MR) is 103 cm³/mol. The average molecular weight is 421 g/mol. The van der Waals surface area contributed by atoms with Crippen LogP contribution in [0.4, 0.5) is 5.95 Å². The molecule has 0 amide bonds. The van der Waals surface area contributed by atoms with Crippen LogP contribution in [0.1, 0.15) is 12.5 Å². The summed E-state index contributed by atoms with van der Waals surface area (Å²) >= 11 is 0. The number of hydrogen-bond acceptors (Lipinski definition) is 8. The van der Waals surface area contributed by atoms with Crippen molar-refractivity contribution in [3.63, 3.8) is 0 Å². The summed E-state index contributed by atoms with van der Waals surface area (Å²) in [4.78, 5) is 32.4. The Labute approximate surface area is 164 Å². The van der Waals surface area contributed by atoms with Gasteiger partial charge in [-0.2, -0.15) is 4.98 Å². The van der Waals surface area contributed by atoms with Crippen molar-refractivity contribution in [3.05, 3.63) is 47.0 Å². The number of nitrogens with zero attached hydrogens (tertiary/aromatic N) is 3. The van der Waals surface area contributed by atoms with Crippen LogP contribution in [0, 0.1) is 11.8 Å². The number of aliphatic hydroxyl groups excluding tert-OH is 1. The van der Waals surface area contributed by atoms with E-state index in [1.54, 1.807) is 34.9 Å². The van der Waals surface area contributed by atoms with Crippen molar-refractivity contribution in [2.45, 2.75) is 12.5 Å². The Balaban J connectivity index is 1.44. The van der Waals surface area contributed by atoms with Crippen molar-refractivity contribution in [1.82, 2.24) is 19.5 Å². The molecule has 5 N–H and O–H groups in total. The van der Waals surface area contributed by atoms with Crippen LogP contribution in [0.2, 0.25) is 0 Å². The molecule has 2 aromatic heterocycles. The van der Waals surface area contributed by atoms with Crippen LogP contribution in [-0.4, -0.2) is 42.7 Å². The van der Waals surface area contributed by atoms with Gasteiger partial charge in [-0.25, -0.2) is 9.55 Å². The number of phosphoric acid groups is 1. The van der Waals surface area contributed by atoms with Crippen molar-refractivity contribution in [2.75, 3.05) is 18.9 Å². The lowest BCUT2D eigenvalue weighted by molar-refractivity contribution is -0.00487. The van der Waals surface area contributed by atoms with Gasteiger partial charge in [-0.15, -0.1) is 0 Å². The molecule has 1 aromatic carbocycles. The quantitative estimate of drug-likeness (QED) is 0.408. The first kappa shape index (κ1) is 19.6. The van der Waals surface area contributed by atoms with Gasteiger partial charge >= 0.3 is 7.82 Å². The number of imidazole rings is 1. The smallest absolute Gasteiger partial charge is 0.404 e. The number of anilines is 1. The van der Waals surface area contributed by atoms with E-state index in [2.05, 4.69) is 15.0 Å². The number of hydrogen-bond donors (Lipinski definition) is 4. The maximum Gasteiger partial charge on any atom is 0.527 e. The molecule has 154 valence electrons. The molecule has 4 atom stereocenters. The number of aromatic nitrogens is 4. The summed E-state index contributed by atoms with van der Waals surface area (Å²) in [5.74, 6) is -0.251. The Bertz CT molecular complexity index is 1120. The lowest BCUT2D eigenvalue weighted by Crippen LogP contribution is -2.43. The highest BCUT2D eigenvalue weighted by atomic mass is 31.2. The number of nitrogens with two attached hydrogens (primary N) is 1. The molecule has 12 heteroatoms. The van der Waals surface area contributed by atoms with Crippen molar-refractivity contribution in [3.8, 4) is 5.75 Å². The Morgan fingerprint density at radius 3 is 2.83 bits per heavy atom. The summed E-state index contributed by atoms with van der Waals surface area (Å²) < 4.78 is 24.0. The molecule has 2 heterocycles. The number of nitrogen functional groups attached to an aromatic ring is 1. The maximum atomic E-state index is 12.2. The first-order valence-corrected chi connectivity index (χ1v) is 10.4. The van der Waals surface area contributed by atoms with Gasteiger partial charge < -0.3 is 19.9 Å². The van der Waals surface area contributed by atoms with Crippen molar-refractivity contribution in [1.29, 1.82) is 0 Å². The third-order valence-electron chi connectivity index (χ3n) is 5.08. The zero-order chi connectivity index (χ0) is 20.6. The van der Waals surface area contributed by atoms with Gasteiger partial charge in [-0.3, -0.25) is 19.2 Å². The van der Waals surface area contributed by atoms with Gasteiger partial charge in [0.1, 0.15) is 5.75 Å². The number of aromatic amines is 1. The number of para-hydroxylation sites is 1. The summed E-state index contributed by atoms with van der Waals surface area (Å²) in [5.41, 5.74) is 5.66. The minimum absolute atomic E-state index is 0.0247. The van der Waals surface area contributed by atoms with Gasteiger partial charge in [0.15, 0.2) is 11.2 Å². The number of aliphatic hydroxyl groups is 1. The third-order valence-corrected chi connectivity index (χ3v) is 6.00. The molecule has 4 unspecified atom stereocenters. The Hall–Kier alpha value is -2.72. The van der Waals surface area contributed by atoms with Crippen LogP contribution in [0.3, 0.4) is 0 Å². The second-order valence-corrected chi connectivity index (χ2v) is 8.23. The van der Waals surface area contributed by atoms with Gasteiger partial charge in [0.05, 0.1) is 12.9 Å². The largest absolute Gasteiger partial charge is 0.527 e. The van der Waals surface area contributed by atoms with E-state index in [4.69, 9.17) is 14.8 Å². The fraction of sp³-hybridized carbons (Fsp3) is 0.353. The lowest BCUT2D eigenvalue weighted by Gasteiger charge is -2.44. The predicted octanol–water partition coefficient (Wildman–Crippen LogP) is 1.07. The topological polar surface area (TPSA) is 166 Å². The van der Waals surface area contributed by atoms with Crippen LogP contribution < -0.4 is 15.8 Å². The summed E-state index contributed by atoms with van der Waals surface area (Å²) in [6.07, 6.45) is 2.02. The minimum Gasteiger partial charge on any atom is -0.404 e. The van der Waals surface area contributed by atoms with E-state index < -0.39 is 13.4 Å². The molecule has 1 saturated carbocycles.